The molecule has 0 saturated heterocycles. The summed E-state index contributed by atoms with van der Waals surface area (Å²) in [5.74, 6) is 1.00. The molecule has 0 aliphatic heterocycles. The molecule has 0 spiro atoms. The lowest BCUT2D eigenvalue weighted by Gasteiger charge is -2.22. The first-order valence-electron chi connectivity index (χ1n) is 14.9. The minimum Gasteiger partial charge on any atom is -0.507 e. The molecule has 0 heterocycles. The Bertz CT molecular complexity index is 1070. The Kier molecular flexibility index (Phi) is 18.5. The van der Waals surface area contributed by atoms with Crippen LogP contribution in [0.1, 0.15) is 90.5 Å². The second-order valence-corrected chi connectivity index (χ2v) is 12.1. The largest absolute Gasteiger partial charge is 0.507 e. The van der Waals surface area contributed by atoms with Crippen LogP contribution in [0.25, 0.3) is 0 Å². The molecule has 10 heteroatoms. The number of phenols is 2. The van der Waals surface area contributed by atoms with E-state index in [1.807, 2.05) is 41.5 Å². The van der Waals surface area contributed by atoms with Crippen LogP contribution in [0.2, 0.25) is 0 Å². The quantitative estimate of drug-likeness (QED) is 0.141. The second-order valence-electron chi connectivity index (χ2n) is 12.1. The number of hydrogen-bond acceptors (Lipinski definition) is 10. The molecule has 0 radical (unpaired) electrons. The van der Waals surface area contributed by atoms with E-state index in [1.165, 1.54) is 0 Å². The molecule has 0 aromatic heterocycles. The Morgan fingerprint density at radius 3 is 1.18 bits per heavy atom. The van der Waals surface area contributed by atoms with Crippen molar-refractivity contribution in [2.24, 2.45) is 0 Å². The highest BCUT2D eigenvalue weighted by molar-refractivity contribution is 5.73. The summed E-state index contributed by atoms with van der Waals surface area (Å²) < 4.78 is 20.1. The molecule has 0 aliphatic carbocycles. The monoisotopic (exact) mass is 622 g/mol. The molecule has 0 bridgehead atoms. The van der Waals surface area contributed by atoms with Gasteiger partial charge in [0, 0.05) is 24.0 Å². The van der Waals surface area contributed by atoms with Crippen LogP contribution in [-0.4, -0.2) is 72.0 Å². The molecule has 0 saturated carbocycles. The van der Waals surface area contributed by atoms with Crippen LogP contribution in [-0.2, 0) is 29.9 Å². The maximum absolute atomic E-state index is 11.3. The molecule has 0 aliphatic rings. The molecule has 4 N–H and O–H groups in total. The van der Waals surface area contributed by atoms with Crippen molar-refractivity contribution in [1.29, 1.82) is 0 Å². The average Bonchev–Trinajstić information content (AvgIpc) is 2.93. The number of aryl methyl sites for hydroxylation is 2. The summed E-state index contributed by atoms with van der Waals surface area (Å²) in [4.78, 5) is 22.5. The first-order chi connectivity index (χ1) is 20.4. The molecule has 0 amide bonds. The Morgan fingerprint density at radius 1 is 0.614 bits per heavy atom. The smallest absolute Gasteiger partial charge is 0.310 e. The zero-order chi connectivity index (χ0) is 34.1. The number of rotatable bonds is 11. The van der Waals surface area contributed by atoms with E-state index >= 15 is 0 Å². The van der Waals surface area contributed by atoms with Crippen LogP contribution in [0.5, 0.6) is 23.0 Å². The number of aromatic hydroxyl groups is 2. The fraction of sp³-hybridized carbons (Fsp3) is 0.588. The van der Waals surface area contributed by atoms with Crippen molar-refractivity contribution in [3.05, 3.63) is 46.5 Å². The number of benzene rings is 2. The van der Waals surface area contributed by atoms with Gasteiger partial charge in [0.1, 0.15) is 23.0 Å². The van der Waals surface area contributed by atoms with Crippen molar-refractivity contribution in [1.82, 2.24) is 0 Å². The third kappa shape index (κ3) is 15.5. The van der Waals surface area contributed by atoms with Gasteiger partial charge in [-0.25, -0.2) is 0 Å². The molecular weight excluding hydrogens is 568 g/mol. The maximum atomic E-state index is 11.3. The van der Waals surface area contributed by atoms with Crippen molar-refractivity contribution in [3.63, 3.8) is 0 Å². The van der Waals surface area contributed by atoms with E-state index in [1.54, 1.807) is 52.0 Å². The van der Waals surface area contributed by atoms with E-state index in [2.05, 4.69) is 0 Å². The Labute approximate surface area is 262 Å². The number of carbonyl (C=O) groups is 2. The summed E-state index contributed by atoms with van der Waals surface area (Å²) in [5, 5.41) is 36.5. The highest BCUT2D eigenvalue weighted by Crippen LogP contribution is 2.37. The molecule has 0 unspecified atom stereocenters. The maximum Gasteiger partial charge on any atom is 0.310 e. The van der Waals surface area contributed by atoms with E-state index in [0.29, 0.717) is 50.8 Å². The predicted molar refractivity (Wildman–Crippen MR) is 171 cm³/mol. The summed E-state index contributed by atoms with van der Waals surface area (Å²) >= 11 is 0. The van der Waals surface area contributed by atoms with Crippen LogP contribution >= 0.6 is 0 Å². The van der Waals surface area contributed by atoms with Crippen molar-refractivity contribution >= 4 is 11.9 Å². The number of phenolic OH excluding ortho intramolecular Hbond substituents is 2. The summed E-state index contributed by atoms with van der Waals surface area (Å²) in [6, 6.07) is 6.82. The second kappa shape index (κ2) is 20.0. The van der Waals surface area contributed by atoms with Gasteiger partial charge in [-0.1, -0.05) is 55.4 Å². The van der Waals surface area contributed by atoms with Gasteiger partial charge in [0.2, 0.25) is 0 Å². The van der Waals surface area contributed by atoms with Crippen LogP contribution in [0.3, 0.4) is 0 Å². The van der Waals surface area contributed by atoms with Gasteiger partial charge in [0.15, 0.2) is 0 Å². The number of aliphatic hydroxyl groups excluding tert-OH is 2. The van der Waals surface area contributed by atoms with Crippen LogP contribution in [0.4, 0.5) is 0 Å². The average molecular weight is 623 g/mol. The number of ether oxygens (including phenoxy) is 4. The number of aliphatic hydroxyl groups is 2. The lowest BCUT2D eigenvalue weighted by molar-refractivity contribution is -0.134. The van der Waals surface area contributed by atoms with E-state index < -0.39 is 0 Å². The van der Waals surface area contributed by atoms with Crippen molar-refractivity contribution in [2.45, 2.75) is 92.9 Å². The lowest BCUT2D eigenvalue weighted by Crippen LogP contribution is -2.13. The normalized spacial score (nSPS) is 11.1. The Morgan fingerprint density at radius 2 is 0.932 bits per heavy atom. The third-order valence-corrected chi connectivity index (χ3v) is 6.05. The third-order valence-electron chi connectivity index (χ3n) is 6.05. The van der Waals surface area contributed by atoms with Gasteiger partial charge in [0.05, 0.1) is 39.6 Å². The molecular formula is C34H54O10. The van der Waals surface area contributed by atoms with Crippen LogP contribution in [0, 0.1) is 13.8 Å². The van der Waals surface area contributed by atoms with Crippen molar-refractivity contribution < 1.29 is 49.0 Å². The van der Waals surface area contributed by atoms with Crippen molar-refractivity contribution in [2.75, 3.05) is 39.6 Å². The predicted octanol–water partition coefficient (Wildman–Crippen LogP) is 5.63. The zero-order valence-electron chi connectivity index (χ0n) is 28.2. The highest BCUT2D eigenvalue weighted by atomic mass is 16.5. The van der Waals surface area contributed by atoms with E-state index in [9.17, 15) is 19.8 Å². The number of carbonyl (C=O) groups excluding carboxylic acids is 2. The highest BCUT2D eigenvalue weighted by Gasteiger charge is 2.22. The molecule has 0 fully saturated rings. The minimum absolute atomic E-state index is 0.0417. The summed E-state index contributed by atoms with van der Waals surface area (Å²) in [6.45, 7) is 20.9. The minimum atomic E-state index is -0.269. The molecule has 0 atom stereocenters. The van der Waals surface area contributed by atoms with Crippen molar-refractivity contribution in [3.8, 4) is 23.0 Å². The van der Waals surface area contributed by atoms with E-state index in [0.717, 1.165) is 22.3 Å². The van der Waals surface area contributed by atoms with Gasteiger partial charge in [0.25, 0.3) is 0 Å². The van der Waals surface area contributed by atoms with E-state index in [4.69, 9.17) is 29.2 Å². The zero-order valence-corrected chi connectivity index (χ0v) is 28.2. The van der Waals surface area contributed by atoms with Gasteiger partial charge in [-0.05, 0) is 60.1 Å². The SMILES string of the molecule is CCC(=O)Oc1cc(C)c(O)c(C(C)(C)C)c1.CCC(=O)Oc1cc(C)c(O)c(C(C)(C)C)c1.OCCOCCOCCO. The van der Waals surface area contributed by atoms with E-state index in [-0.39, 0.29) is 47.5 Å². The Balaban J connectivity index is 0.000000655. The molecule has 250 valence electrons. The van der Waals surface area contributed by atoms with Gasteiger partial charge >= 0.3 is 11.9 Å². The summed E-state index contributed by atoms with van der Waals surface area (Å²) in [5.41, 5.74) is 2.63. The van der Waals surface area contributed by atoms with Gasteiger partial charge in [-0.15, -0.1) is 0 Å². The standard InChI is InChI=1S/2C14H20O3.C6H14O4/c2*1-6-12(15)17-10-7-9(2)13(16)11(8-10)14(3,4)5;7-1-3-9-5-6-10-4-2-8/h2*7-8,16H,6H2,1-5H3;7-8H,1-6H2. The summed E-state index contributed by atoms with van der Waals surface area (Å²) in [6.07, 6.45) is 0.676. The molecule has 44 heavy (non-hydrogen) atoms. The topological polar surface area (TPSA) is 152 Å². The Hall–Kier alpha value is -3.18. The fourth-order valence-corrected chi connectivity index (χ4v) is 3.61. The molecule has 2 aromatic carbocycles. The summed E-state index contributed by atoms with van der Waals surface area (Å²) in [7, 11) is 0. The van der Waals surface area contributed by atoms with Gasteiger partial charge in [-0.3, -0.25) is 9.59 Å². The molecule has 2 aromatic rings. The molecule has 10 nitrogen and oxygen atoms in total. The van der Waals surface area contributed by atoms with Crippen LogP contribution < -0.4 is 9.47 Å². The molecule has 2 rings (SSSR count). The first-order valence-corrected chi connectivity index (χ1v) is 14.9. The van der Waals surface area contributed by atoms with Gasteiger partial charge in [-0.2, -0.15) is 0 Å². The lowest BCUT2D eigenvalue weighted by atomic mass is 9.85. The fourth-order valence-electron chi connectivity index (χ4n) is 3.61. The van der Waals surface area contributed by atoms with Gasteiger partial charge < -0.3 is 39.4 Å². The van der Waals surface area contributed by atoms with Crippen LogP contribution in [0.15, 0.2) is 24.3 Å². The first kappa shape index (κ1) is 40.8. The number of hydrogen-bond donors (Lipinski definition) is 4. The number of esters is 2.